The van der Waals surface area contributed by atoms with Crippen LogP contribution >= 0.6 is 0 Å². The van der Waals surface area contributed by atoms with E-state index < -0.39 is 6.10 Å². The lowest BCUT2D eigenvalue weighted by Gasteiger charge is -2.18. The number of carbonyl (C=O) groups is 3. The second-order valence-electron chi connectivity index (χ2n) is 21.0. The summed E-state index contributed by atoms with van der Waals surface area (Å²) in [6.45, 7) is 6.50. The van der Waals surface area contributed by atoms with Gasteiger partial charge in [-0.2, -0.15) is 0 Å². The van der Waals surface area contributed by atoms with E-state index in [1.807, 2.05) is 0 Å². The van der Waals surface area contributed by atoms with Crippen LogP contribution in [0.15, 0.2) is 85.1 Å². The number of hydrogen-bond donors (Lipinski definition) is 0. The standard InChI is InChI=1S/C68H118O6/c1-4-7-10-13-16-19-22-24-26-28-30-32-34-36-38-40-42-44-46-49-52-55-58-61-67(70)73-64-65(63-72-66(69)60-57-54-51-48-21-18-15-12-9-6-3)74-68(71)62-59-56-53-50-47-45-43-41-39-37-35-33-31-29-27-25-23-20-17-14-11-8-5-2/h7,10,16,19,24,26,30,32,36,38,42,44,49,52,65H,4-6,8-9,11-15,17-18,20-23,25,27-29,31,33-35,37,39-41,43,45-48,50-51,53-64H2,1-3H3/b10-7-,19-16-,26-24-,32-30-,38-36-,44-42-,52-49-. The molecule has 74 heavy (non-hydrogen) atoms. The minimum Gasteiger partial charge on any atom is -0.462 e. The van der Waals surface area contributed by atoms with Crippen molar-refractivity contribution in [2.24, 2.45) is 0 Å². The van der Waals surface area contributed by atoms with E-state index in [0.29, 0.717) is 19.3 Å². The predicted octanol–water partition coefficient (Wildman–Crippen LogP) is 21.5. The summed E-state index contributed by atoms with van der Waals surface area (Å²) in [5, 5.41) is 0. The summed E-state index contributed by atoms with van der Waals surface area (Å²) in [5.74, 6) is -0.942. The average molecular weight is 1030 g/mol. The van der Waals surface area contributed by atoms with Gasteiger partial charge >= 0.3 is 17.9 Å². The monoisotopic (exact) mass is 1030 g/mol. The molecule has 0 saturated carbocycles. The maximum absolute atomic E-state index is 12.9. The van der Waals surface area contributed by atoms with Crippen LogP contribution in [0.2, 0.25) is 0 Å². The zero-order valence-corrected chi connectivity index (χ0v) is 48.8. The number of ether oxygens (including phenoxy) is 3. The lowest BCUT2D eigenvalue weighted by Crippen LogP contribution is -2.30. The predicted molar refractivity (Wildman–Crippen MR) is 321 cm³/mol. The van der Waals surface area contributed by atoms with Crippen molar-refractivity contribution in [2.75, 3.05) is 13.2 Å². The van der Waals surface area contributed by atoms with Gasteiger partial charge in [0, 0.05) is 19.3 Å². The van der Waals surface area contributed by atoms with Crippen molar-refractivity contribution in [3.8, 4) is 0 Å². The Labute approximate surface area is 458 Å². The Bertz CT molecular complexity index is 1420. The summed E-state index contributed by atoms with van der Waals surface area (Å²) in [4.78, 5) is 38.2. The minimum atomic E-state index is -0.797. The first-order valence-electron chi connectivity index (χ1n) is 31.6. The van der Waals surface area contributed by atoms with Crippen LogP contribution in [0.4, 0.5) is 0 Å². The largest absolute Gasteiger partial charge is 0.462 e. The maximum atomic E-state index is 12.9. The zero-order valence-electron chi connectivity index (χ0n) is 48.8. The number of hydrogen-bond acceptors (Lipinski definition) is 6. The first kappa shape index (κ1) is 70.6. The Morgan fingerprint density at radius 2 is 0.527 bits per heavy atom. The van der Waals surface area contributed by atoms with Crippen molar-refractivity contribution < 1.29 is 28.6 Å². The summed E-state index contributed by atoms with van der Waals surface area (Å²) in [5.41, 5.74) is 0. The van der Waals surface area contributed by atoms with Crippen molar-refractivity contribution in [1.29, 1.82) is 0 Å². The summed E-state index contributed by atoms with van der Waals surface area (Å²) in [7, 11) is 0. The molecule has 426 valence electrons. The molecule has 0 spiro atoms. The highest BCUT2D eigenvalue weighted by Gasteiger charge is 2.19. The molecule has 0 heterocycles. The summed E-state index contributed by atoms with van der Waals surface area (Å²) < 4.78 is 16.8. The van der Waals surface area contributed by atoms with Gasteiger partial charge in [-0.3, -0.25) is 14.4 Å². The van der Waals surface area contributed by atoms with Crippen LogP contribution in [-0.2, 0) is 28.6 Å². The van der Waals surface area contributed by atoms with Gasteiger partial charge in [-0.1, -0.05) is 305 Å². The van der Waals surface area contributed by atoms with E-state index in [-0.39, 0.29) is 37.5 Å². The Morgan fingerprint density at radius 3 is 0.824 bits per heavy atom. The molecular formula is C68H118O6. The molecule has 6 nitrogen and oxygen atoms in total. The summed E-state index contributed by atoms with van der Waals surface area (Å²) in [6.07, 6.45) is 81.8. The Balaban J connectivity index is 4.33. The Morgan fingerprint density at radius 1 is 0.284 bits per heavy atom. The zero-order chi connectivity index (χ0) is 53.6. The molecule has 0 aliphatic carbocycles. The van der Waals surface area contributed by atoms with E-state index in [2.05, 4.69) is 106 Å². The van der Waals surface area contributed by atoms with Crippen molar-refractivity contribution in [3.63, 3.8) is 0 Å². The number of unbranched alkanes of at least 4 members (excludes halogenated alkanes) is 32. The number of esters is 3. The third-order valence-corrected chi connectivity index (χ3v) is 13.7. The smallest absolute Gasteiger partial charge is 0.306 e. The fourth-order valence-corrected chi connectivity index (χ4v) is 8.96. The van der Waals surface area contributed by atoms with Crippen molar-refractivity contribution in [3.05, 3.63) is 85.1 Å². The van der Waals surface area contributed by atoms with Gasteiger partial charge in [-0.25, -0.2) is 0 Å². The summed E-state index contributed by atoms with van der Waals surface area (Å²) >= 11 is 0. The van der Waals surface area contributed by atoms with Crippen molar-refractivity contribution in [1.82, 2.24) is 0 Å². The van der Waals surface area contributed by atoms with Gasteiger partial charge in [0.25, 0.3) is 0 Å². The third kappa shape index (κ3) is 59.5. The van der Waals surface area contributed by atoms with Gasteiger partial charge in [0.15, 0.2) is 6.10 Å². The summed E-state index contributed by atoms with van der Waals surface area (Å²) in [6, 6.07) is 0. The van der Waals surface area contributed by atoms with E-state index in [4.69, 9.17) is 14.2 Å². The second kappa shape index (κ2) is 62.1. The molecular weight excluding hydrogens is 913 g/mol. The highest BCUT2D eigenvalue weighted by Crippen LogP contribution is 2.17. The van der Waals surface area contributed by atoms with Gasteiger partial charge < -0.3 is 14.2 Å². The minimum absolute atomic E-state index is 0.0909. The molecule has 0 radical (unpaired) electrons. The van der Waals surface area contributed by atoms with Gasteiger partial charge in [0.05, 0.1) is 0 Å². The normalized spacial score (nSPS) is 12.6. The SMILES string of the molecule is CC/C=C\C/C=C\C/C=C\C/C=C\C/C=C\C/C=C\C/C=C\CCCC(=O)OCC(COC(=O)CCCCCCCCCCCC)OC(=O)CCCCCCCCCCCCCCCCCCCCCCCCC. The van der Waals surface area contributed by atoms with Crippen LogP contribution in [0.5, 0.6) is 0 Å². The lowest BCUT2D eigenvalue weighted by molar-refractivity contribution is -0.167. The van der Waals surface area contributed by atoms with Crippen molar-refractivity contribution in [2.45, 2.75) is 316 Å². The molecule has 0 aliphatic rings. The van der Waals surface area contributed by atoms with Gasteiger partial charge in [-0.05, 0) is 70.6 Å². The molecule has 1 atom stereocenters. The number of carbonyl (C=O) groups excluding carboxylic acids is 3. The quantitative estimate of drug-likeness (QED) is 0.0261. The topological polar surface area (TPSA) is 78.9 Å². The van der Waals surface area contributed by atoms with E-state index >= 15 is 0 Å². The van der Waals surface area contributed by atoms with E-state index in [9.17, 15) is 14.4 Å². The lowest BCUT2D eigenvalue weighted by atomic mass is 10.0. The third-order valence-electron chi connectivity index (χ3n) is 13.7. The first-order chi connectivity index (χ1) is 36.5. The molecule has 0 saturated heterocycles. The van der Waals surface area contributed by atoms with E-state index in [0.717, 1.165) is 89.9 Å². The van der Waals surface area contributed by atoms with Crippen LogP contribution in [0.1, 0.15) is 310 Å². The van der Waals surface area contributed by atoms with Crippen LogP contribution in [-0.4, -0.2) is 37.2 Å². The van der Waals surface area contributed by atoms with Crippen LogP contribution in [0.25, 0.3) is 0 Å². The fraction of sp³-hybridized carbons (Fsp3) is 0.750. The first-order valence-corrected chi connectivity index (χ1v) is 31.6. The average Bonchev–Trinajstić information content (AvgIpc) is 3.40. The molecule has 0 rings (SSSR count). The van der Waals surface area contributed by atoms with E-state index in [1.54, 1.807) is 0 Å². The molecule has 0 amide bonds. The fourth-order valence-electron chi connectivity index (χ4n) is 8.96. The molecule has 1 unspecified atom stereocenters. The highest BCUT2D eigenvalue weighted by atomic mass is 16.6. The van der Waals surface area contributed by atoms with Crippen molar-refractivity contribution >= 4 is 17.9 Å². The second-order valence-corrected chi connectivity index (χ2v) is 21.0. The number of rotatable bonds is 57. The molecule has 0 aromatic carbocycles. The molecule has 0 N–H and O–H groups in total. The van der Waals surface area contributed by atoms with Gasteiger partial charge in [0.2, 0.25) is 0 Å². The number of allylic oxidation sites excluding steroid dienone is 14. The Hall–Kier alpha value is -3.41. The molecule has 6 heteroatoms. The maximum Gasteiger partial charge on any atom is 0.306 e. The van der Waals surface area contributed by atoms with Crippen LogP contribution in [0.3, 0.4) is 0 Å². The van der Waals surface area contributed by atoms with Crippen LogP contribution in [0, 0.1) is 0 Å². The van der Waals surface area contributed by atoms with Crippen LogP contribution < -0.4 is 0 Å². The highest BCUT2D eigenvalue weighted by molar-refractivity contribution is 5.71. The van der Waals surface area contributed by atoms with Gasteiger partial charge in [-0.15, -0.1) is 0 Å². The molecule has 0 aromatic rings. The van der Waals surface area contributed by atoms with Gasteiger partial charge in [0.1, 0.15) is 13.2 Å². The Kier molecular flexibility index (Phi) is 59.3. The molecule has 0 bridgehead atoms. The molecule has 0 aromatic heterocycles. The molecule has 0 fully saturated rings. The molecule has 0 aliphatic heterocycles. The van der Waals surface area contributed by atoms with E-state index in [1.165, 1.54) is 173 Å².